The molecule has 0 radical (unpaired) electrons. The van der Waals surface area contributed by atoms with Gasteiger partial charge in [0.2, 0.25) is 11.8 Å². The lowest BCUT2D eigenvalue weighted by Gasteiger charge is -2.18. The molecular formula is C33H34N6O4. The molecule has 0 aliphatic heterocycles. The van der Waals surface area contributed by atoms with Crippen molar-refractivity contribution in [2.75, 3.05) is 23.5 Å². The summed E-state index contributed by atoms with van der Waals surface area (Å²) in [5.41, 5.74) is 11.4. The summed E-state index contributed by atoms with van der Waals surface area (Å²) in [6, 6.07) is 21.6. The van der Waals surface area contributed by atoms with Gasteiger partial charge in [0.05, 0.1) is 47.4 Å². The van der Waals surface area contributed by atoms with Gasteiger partial charge in [-0.15, -0.1) is 0 Å². The Morgan fingerprint density at radius 3 is 2.23 bits per heavy atom. The molecule has 2 heterocycles. The summed E-state index contributed by atoms with van der Waals surface area (Å²) in [6.07, 6.45) is 1.31. The minimum Gasteiger partial charge on any atom is -0.480 e. The zero-order valence-electron chi connectivity index (χ0n) is 24.3. The number of ether oxygens (including phenoxy) is 1. The maximum absolute atomic E-state index is 13.2. The van der Waals surface area contributed by atoms with Crippen molar-refractivity contribution < 1.29 is 19.4 Å². The Balaban J connectivity index is 1.38. The van der Waals surface area contributed by atoms with Gasteiger partial charge in [-0.2, -0.15) is 0 Å². The number of aliphatic hydroxyl groups is 1. The summed E-state index contributed by atoms with van der Waals surface area (Å²) >= 11 is 0. The second-order valence-corrected chi connectivity index (χ2v) is 10.2. The van der Waals surface area contributed by atoms with Crippen molar-refractivity contribution in [1.82, 2.24) is 15.3 Å². The molecule has 2 aromatic heterocycles. The summed E-state index contributed by atoms with van der Waals surface area (Å²) in [7, 11) is 1.47. The smallest absolute Gasteiger partial charge is 0.253 e. The number of aromatic nitrogens is 2. The Morgan fingerprint density at radius 2 is 1.60 bits per heavy atom. The number of nitrogens with zero attached hydrogens (tertiary/aromatic N) is 2. The van der Waals surface area contributed by atoms with Crippen LogP contribution in [-0.4, -0.2) is 40.0 Å². The Labute approximate surface area is 249 Å². The number of methoxy groups -OCH3 is 1. The number of nitrogen functional groups attached to an aromatic ring is 1. The van der Waals surface area contributed by atoms with Crippen molar-refractivity contribution in [3.63, 3.8) is 0 Å². The molecule has 5 aromatic rings. The number of para-hydroxylation sites is 2. The van der Waals surface area contributed by atoms with E-state index in [0.717, 1.165) is 33.9 Å². The second-order valence-electron chi connectivity index (χ2n) is 10.2. The fraction of sp³-hybridized carbons (Fsp3) is 0.212. The molecule has 1 unspecified atom stereocenters. The van der Waals surface area contributed by atoms with Crippen LogP contribution in [0, 0.1) is 0 Å². The van der Waals surface area contributed by atoms with Gasteiger partial charge in [-0.3, -0.25) is 9.59 Å². The van der Waals surface area contributed by atoms with Crippen LogP contribution in [0.1, 0.15) is 41.9 Å². The number of fused-ring (bicyclic) bond motifs is 2. The Morgan fingerprint density at radius 1 is 0.953 bits per heavy atom. The third-order valence-electron chi connectivity index (χ3n) is 7.06. The normalized spacial score (nSPS) is 11.7. The summed E-state index contributed by atoms with van der Waals surface area (Å²) < 4.78 is 5.20. The first-order valence-electron chi connectivity index (χ1n) is 14.1. The highest BCUT2D eigenvalue weighted by molar-refractivity contribution is 6.09. The Kier molecular flexibility index (Phi) is 8.68. The van der Waals surface area contributed by atoms with Crippen molar-refractivity contribution in [2.24, 2.45) is 0 Å². The minimum atomic E-state index is -0.882. The first-order chi connectivity index (χ1) is 20.8. The quantitative estimate of drug-likeness (QED) is 0.140. The van der Waals surface area contributed by atoms with Gasteiger partial charge in [0.1, 0.15) is 6.04 Å². The number of anilines is 4. The number of aliphatic hydroxyl groups excluding tert-OH is 1. The average Bonchev–Trinajstić information content (AvgIpc) is 3.01. The predicted molar refractivity (Wildman–Crippen MR) is 170 cm³/mol. The van der Waals surface area contributed by atoms with Crippen LogP contribution in [0.5, 0.6) is 5.88 Å². The van der Waals surface area contributed by atoms with E-state index in [9.17, 15) is 14.7 Å². The number of nitrogens with two attached hydrogens (primary N) is 1. The molecule has 5 rings (SSSR count). The number of pyridine rings is 2. The summed E-state index contributed by atoms with van der Waals surface area (Å²) in [4.78, 5) is 35.5. The van der Waals surface area contributed by atoms with E-state index in [1.54, 1.807) is 19.1 Å². The SMILES string of the molecule is CCCc1nc(OC)c(N)cc1C(=O)NC(C)C(=O)Nc1cc(CO)cc(Nc2c3ccccc3nc3ccccc23)c1. The van der Waals surface area contributed by atoms with E-state index in [4.69, 9.17) is 15.5 Å². The van der Waals surface area contributed by atoms with Gasteiger partial charge < -0.3 is 31.5 Å². The van der Waals surface area contributed by atoms with E-state index < -0.39 is 17.9 Å². The molecular weight excluding hydrogens is 544 g/mol. The van der Waals surface area contributed by atoms with E-state index in [-0.39, 0.29) is 18.2 Å². The third kappa shape index (κ3) is 6.34. The molecule has 220 valence electrons. The molecule has 0 fully saturated rings. The van der Waals surface area contributed by atoms with Crippen LogP contribution < -0.4 is 26.4 Å². The molecule has 0 aliphatic carbocycles. The van der Waals surface area contributed by atoms with Crippen LogP contribution >= 0.6 is 0 Å². The van der Waals surface area contributed by atoms with Crippen LogP contribution in [0.4, 0.5) is 22.7 Å². The van der Waals surface area contributed by atoms with E-state index >= 15 is 0 Å². The van der Waals surface area contributed by atoms with Crippen molar-refractivity contribution in [3.05, 3.63) is 89.6 Å². The van der Waals surface area contributed by atoms with Crippen LogP contribution in [0.2, 0.25) is 0 Å². The standard InChI is InChI=1S/C33H34N6O4/c1-4-9-27-25(17-26(34)33(39-27)43-3)32(42)35-19(2)31(41)37-22-15-20(18-40)14-21(16-22)36-30-23-10-5-7-12-28(23)38-29-13-8-6-11-24(29)30/h5-8,10-17,19,40H,4,9,18,34H2,1-3H3,(H,35,42)(H,36,38)(H,37,41). The fourth-order valence-corrected chi connectivity index (χ4v) is 4.97. The van der Waals surface area contributed by atoms with Crippen LogP contribution in [-0.2, 0) is 17.8 Å². The van der Waals surface area contributed by atoms with Crippen LogP contribution in [0.3, 0.4) is 0 Å². The number of carbonyl (C=O) groups excluding carboxylic acids is 2. The molecule has 0 spiro atoms. The number of benzene rings is 3. The number of hydrogen-bond donors (Lipinski definition) is 5. The lowest BCUT2D eigenvalue weighted by Crippen LogP contribution is -2.42. The van der Waals surface area contributed by atoms with Crippen LogP contribution in [0.15, 0.2) is 72.8 Å². The highest BCUT2D eigenvalue weighted by Gasteiger charge is 2.21. The monoisotopic (exact) mass is 578 g/mol. The number of nitrogens with one attached hydrogen (secondary N) is 3. The van der Waals surface area contributed by atoms with Gasteiger partial charge in [0.15, 0.2) is 0 Å². The van der Waals surface area contributed by atoms with Gasteiger partial charge in [0, 0.05) is 22.1 Å². The molecule has 0 saturated heterocycles. The Bertz CT molecular complexity index is 1770. The second kappa shape index (κ2) is 12.7. The van der Waals surface area contributed by atoms with Gasteiger partial charge in [0.25, 0.3) is 5.91 Å². The molecule has 0 bridgehead atoms. The zero-order valence-corrected chi connectivity index (χ0v) is 24.3. The first-order valence-corrected chi connectivity index (χ1v) is 14.1. The Hall–Kier alpha value is -5.22. The number of aryl methyl sites for hydroxylation is 1. The summed E-state index contributed by atoms with van der Waals surface area (Å²) in [6.45, 7) is 3.34. The molecule has 1 atom stereocenters. The average molecular weight is 579 g/mol. The maximum Gasteiger partial charge on any atom is 0.253 e. The van der Waals surface area contributed by atoms with E-state index in [2.05, 4.69) is 20.9 Å². The maximum atomic E-state index is 13.2. The third-order valence-corrected chi connectivity index (χ3v) is 7.06. The number of amides is 2. The molecule has 43 heavy (non-hydrogen) atoms. The molecule has 0 saturated carbocycles. The molecule has 10 nitrogen and oxygen atoms in total. The van der Waals surface area contributed by atoms with Gasteiger partial charge >= 0.3 is 0 Å². The highest BCUT2D eigenvalue weighted by Crippen LogP contribution is 2.34. The molecule has 3 aromatic carbocycles. The van der Waals surface area contributed by atoms with Gasteiger partial charge in [-0.1, -0.05) is 49.7 Å². The van der Waals surface area contributed by atoms with Gasteiger partial charge in [-0.25, -0.2) is 9.97 Å². The van der Waals surface area contributed by atoms with Crippen molar-refractivity contribution in [1.29, 1.82) is 0 Å². The van der Waals surface area contributed by atoms with Crippen molar-refractivity contribution >= 4 is 56.4 Å². The van der Waals surface area contributed by atoms with Crippen LogP contribution in [0.25, 0.3) is 21.8 Å². The number of carbonyl (C=O) groups is 2. The van der Waals surface area contributed by atoms with Crippen molar-refractivity contribution in [3.8, 4) is 5.88 Å². The lowest BCUT2D eigenvalue weighted by atomic mass is 10.1. The topological polar surface area (TPSA) is 151 Å². The summed E-state index contributed by atoms with van der Waals surface area (Å²) in [5.74, 6) is -0.636. The molecule has 10 heteroatoms. The minimum absolute atomic E-state index is 0.228. The molecule has 2 amide bonds. The molecule has 6 N–H and O–H groups in total. The fourth-order valence-electron chi connectivity index (χ4n) is 4.97. The zero-order chi connectivity index (χ0) is 30.5. The molecule has 0 aliphatic rings. The number of rotatable bonds is 10. The first kappa shape index (κ1) is 29.3. The largest absolute Gasteiger partial charge is 0.480 e. The number of hydrogen-bond acceptors (Lipinski definition) is 8. The summed E-state index contributed by atoms with van der Waals surface area (Å²) in [5, 5.41) is 21.0. The van der Waals surface area contributed by atoms with E-state index in [1.807, 2.05) is 61.5 Å². The van der Waals surface area contributed by atoms with Gasteiger partial charge in [-0.05, 0) is 55.3 Å². The lowest BCUT2D eigenvalue weighted by molar-refractivity contribution is -0.117. The highest BCUT2D eigenvalue weighted by atomic mass is 16.5. The van der Waals surface area contributed by atoms with E-state index in [1.165, 1.54) is 13.2 Å². The predicted octanol–water partition coefficient (Wildman–Crippen LogP) is 5.32. The van der Waals surface area contributed by atoms with E-state index in [0.29, 0.717) is 34.6 Å². The van der Waals surface area contributed by atoms with Crippen molar-refractivity contribution in [2.45, 2.75) is 39.3 Å².